The molecule has 0 unspecified atom stereocenters. The second-order valence-electron chi connectivity index (χ2n) is 4.76. The Bertz CT molecular complexity index is 803. The minimum atomic E-state index is -0.195. The summed E-state index contributed by atoms with van der Waals surface area (Å²) in [5, 5.41) is 3.66. The van der Waals surface area contributed by atoms with Gasteiger partial charge in [0.1, 0.15) is 0 Å². The van der Waals surface area contributed by atoms with E-state index < -0.39 is 0 Å². The maximum absolute atomic E-state index is 12.6. The van der Waals surface area contributed by atoms with Gasteiger partial charge < -0.3 is 10.1 Å². The van der Waals surface area contributed by atoms with E-state index in [1.165, 1.54) is 7.11 Å². The third-order valence-electron chi connectivity index (χ3n) is 3.36. The minimum Gasteiger partial charge on any atom is -0.494 e. The average Bonchev–Trinajstić information content (AvgIpc) is 2.59. The van der Waals surface area contributed by atoms with Crippen LogP contribution >= 0.6 is 0 Å². The summed E-state index contributed by atoms with van der Waals surface area (Å²) in [5.74, 6) is 0.265. The van der Waals surface area contributed by atoms with Gasteiger partial charge in [-0.05, 0) is 17.7 Å². The first-order valence-electron chi connectivity index (χ1n) is 6.88. The Morgan fingerprint density at radius 3 is 2.82 bits per heavy atom. The van der Waals surface area contributed by atoms with Crippen molar-refractivity contribution in [1.82, 2.24) is 15.3 Å². The number of para-hydroxylation sites is 1. The molecule has 5 nitrogen and oxygen atoms in total. The fraction of sp³-hybridized carbons (Fsp3) is 0.118. The van der Waals surface area contributed by atoms with Crippen LogP contribution in [0.5, 0.6) is 5.75 Å². The molecule has 0 saturated heterocycles. The van der Waals surface area contributed by atoms with Gasteiger partial charge in [-0.1, -0.05) is 24.3 Å². The minimum absolute atomic E-state index is 0.195. The topological polar surface area (TPSA) is 64.1 Å². The normalized spacial score (nSPS) is 10.4. The number of ether oxygens (including phenoxy) is 1. The lowest BCUT2D eigenvalue weighted by atomic mass is 10.1. The first-order chi connectivity index (χ1) is 10.8. The molecule has 0 aliphatic heterocycles. The van der Waals surface area contributed by atoms with Gasteiger partial charge in [0.05, 0.1) is 24.4 Å². The SMILES string of the molecule is COc1cnc2ccccc2c1C(=O)NCc1cccnc1. The van der Waals surface area contributed by atoms with Crippen LogP contribution in [-0.4, -0.2) is 23.0 Å². The van der Waals surface area contributed by atoms with Gasteiger partial charge in [0.15, 0.2) is 5.75 Å². The fourth-order valence-corrected chi connectivity index (χ4v) is 2.29. The summed E-state index contributed by atoms with van der Waals surface area (Å²) < 4.78 is 5.29. The number of aromatic nitrogens is 2. The molecule has 0 spiro atoms. The molecule has 1 amide bonds. The highest BCUT2D eigenvalue weighted by Gasteiger charge is 2.16. The van der Waals surface area contributed by atoms with Gasteiger partial charge in [-0.3, -0.25) is 14.8 Å². The fourth-order valence-electron chi connectivity index (χ4n) is 2.29. The number of nitrogens with zero attached hydrogens (tertiary/aromatic N) is 2. The Morgan fingerprint density at radius 1 is 1.18 bits per heavy atom. The van der Waals surface area contributed by atoms with Crippen LogP contribution in [0.25, 0.3) is 10.9 Å². The van der Waals surface area contributed by atoms with Crippen molar-refractivity contribution in [2.45, 2.75) is 6.54 Å². The van der Waals surface area contributed by atoms with Crippen molar-refractivity contribution in [3.05, 3.63) is 66.1 Å². The number of nitrogens with one attached hydrogen (secondary N) is 1. The summed E-state index contributed by atoms with van der Waals surface area (Å²) in [7, 11) is 1.53. The van der Waals surface area contributed by atoms with Crippen LogP contribution in [-0.2, 0) is 6.54 Å². The summed E-state index contributed by atoms with van der Waals surface area (Å²) in [6.07, 6.45) is 4.99. The zero-order valence-corrected chi connectivity index (χ0v) is 12.1. The van der Waals surface area contributed by atoms with E-state index in [1.807, 2.05) is 36.4 Å². The maximum Gasteiger partial charge on any atom is 0.256 e. The smallest absolute Gasteiger partial charge is 0.256 e. The van der Waals surface area contributed by atoms with E-state index in [1.54, 1.807) is 18.6 Å². The Labute approximate surface area is 128 Å². The molecule has 0 fully saturated rings. The van der Waals surface area contributed by atoms with Gasteiger partial charge in [0.2, 0.25) is 0 Å². The molecule has 0 aliphatic rings. The van der Waals surface area contributed by atoms with Crippen LogP contribution in [0.15, 0.2) is 55.0 Å². The predicted octanol–water partition coefficient (Wildman–Crippen LogP) is 2.57. The first-order valence-corrected chi connectivity index (χ1v) is 6.88. The molecule has 0 radical (unpaired) electrons. The molecular weight excluding hydrogens is 278 g/mol. The van der Waals surface area contributed by atoms with Crippen LogP contribution in [0, 0.1) is 0 Å². The van der Waals surface area contributed by atoms with Gasteiger partial charge in [-0.2, -0.15) is 0 Å². The lowest BCUT2D eigenvalue weighted by Crippen LogP contribution is -2.23. The molecule has 5 heteroatoms. The van der Waals surface area contributed by atoms with Crippen molar-refractivity contribution >= 4 is 16.8 Å². The quantitative estimate of drug-likeness (QED) is 0.803. The van der Waals surface area contributed by atoms with Gasteiger partial charge >= 0.3 is 0 Å². The van der Waals surface area contributed by atoms with Crippen LogP contribution in [0.1, 0.15) is 15.9 Å². The highest BCUT2D eigenvalue weighted by molar-refractivity contribution is 6.08. The molecule has 0 atom stereocenters. The first kappa shape index (κ1) is 14.0. The molecule has 0 saturated carbocycles. The summed E-state index contributed by atoms with van der Waals surface area (Å²) in [5.41, 5.74) is 2.19. The summed E-state index contributed by atoms with van der Waals surface area (Å²) in [6.45, 7) is 0.409. The molecule has 2 aromatic heterocycles. The van der Waals surface area contributed by atoms with Gasteiger partial charge in [0, 0.05) is 24.3 Å². The molecule has 22 heavy (non-hydrogen) atoms. The Morgan fingerprint density at radius 2 is 2.05 bits per heavy atom. The standard InChI is InChI=1S/C17H15N3O2/c1-22-15-11-19-14-7-3-2-6-13(14)16(15)17(21)20-10-12-5-4-8-18-9-12/h2-9,11H,10H2,1H3,(H,20,21). The number of hydrogen-bond donors (Lipinski definition) is 1. The van der Waals surface area contributed by atoms with Crippen molar-refractivity contribution in [3.8, 4) is 5.75 Å². The second-order valence-corrected chi connectivity index (χ2v) is 4.76. The Balaban J connectivity index is 1.92. The van der Waals surface area contributed by atoms with Gasteiger partial charge in [-0.15, -0.1) is 0 Å². The van der Waals surface area contributed by atoms with E-state index in [9.17, 15) is 4.79 Å². The highest BCUT2D eigenvalue weighted by atomic mass is 16.5. The van der Waals surface area contributed by atoms with Crippen molar-refractivity contribution in [1.29, 1.82) is 0 Å². The number of fused-ring (bicyclic) bond motifs is 1. The van der Waals surface area contributed by atoms with E-state index in [2.05, 4.69) is 15.3 Å². The average molecular weight is 293 g/mol. The van der Waals surface area contributed by atoms with E-state index in [0.717, 1.165) is 16.5 Å². The number of methoxy groups -OCH3 is 1. The van der Waals surface area contributed by atoms with Crippen LogP contribution in [0.2, 0.25) is 0 Å². The van der Waals surface area contributed by atoms with E-state index in [4.69, 9.17) is 4.74 Å². The number of carbonyl (C=O) groups excluding carboxylic acids is 1. The van der Waals surface area contributed by atoms with Crippen LogP contribution in [0.3, 0.4) is 0 Å². The zero-order chi connectivity index (χ0) is 15.4. The lowest BCUT2D eigenvalue weighted by molar-refractivity contribution is 0.0949. The van der Waals surface area contributed by atoms with Crippen LogP contribution < -0.4 is 10.1 Å². The largest absolute Gasteiger partial charge is 0.494 e. The molecular formula is C17H15N3O2. The number of benzene rings is 1. The maximum atomic E-state index is 12.6. The molecule has 0 bridgehead atoms. The van der Waals surface area contributed by atoms with Crippen molar-refractivity contribution in [2.24, 2.45) is 0 Å². The number of carbonyl (C=O) groups is 1. The molecule has 1 aromatic carbocycles. The Hall–Kier alpha value is -2.95. The highest BCUT2D eigenvalue weighted by Crippen LogP contribution is 2.25. The number of pyridine rings is 2. The summed E-state index contributed by atoms with van der Waals surface area (Å²) in [4.78, 5) is 20.9. The molecule has 0 aliphatic carbocycles. The van der Waals surface area contributed by atoms with Crippen molar-refractivity contribution in [2.75, 3.05) is 7.11 Å². The third-order valence-corrected chi connectivity index (χ3v) is 3.36. The summed E-state index contributed by atoms with van der Waals surface area (Å²) >= 11 is 0. The molecule has 110 valence electrons. The Kier molecular flexibility index (Phi) is 3.96. The van der Waals surface area contributed by atoms with Crippen molar-refractivity contribution < 1.29 is 9.53 Å². The summed E-state index contributed by atoms with van der Waals surface area (Å²) in [6, 6.07) is 11.2. The lowest BCUT2D eigenvalue weighted by Gasteiger charge is -2.11. The van der Waals surface area contributed by atoms with Crippen molar-refractivity contribution in [3.63, 3.8) is 0 Å². The number of rotatable bonds is 4. The van der Waals surface area contributed by atoms with E-state index in [-0.39, 0.29) is 5.91 Å². The predicted molar refractivity (Wildman–Crippen MR) is 83.7 cm³/mol. The van der Waals surface area contributed by atoms with E-state index >= 15 is 0 Å². The second kappa shape index (κ2) is 6.22. The molecule has 3 aromatic rings. The monoisotopic (exact) mass is 293 g/mol. The number of amides is 1. The number of hydrogen-bond acceptors (Lipinski definition) is 4. The zero-order valence-electron chi connectivity index (χ0n) is 12.1. The third kappa shape index (κ3) is 2.74. The van der Waals surface area contributed by atoms with E-state index in [0.29, 0.717) is 17.9 Å². The van der Waals surface area contributed by atoms with Crippen LogP contribution in [0.4, 0.5) is 0 Å². The molecule has 1 N–H and O–H groups in total. The van der Waals surface area contributed by atoms with Gasteiger partial charge in [0.25, 0.3) is 5.91 Å². The molecule has 2 heterocycles. The van der Waals surface area contributed by atoms with Gasteiger partial charge in [-0.25, -0.2) is 0 Å². The molecule has 3 rings (SSSR count).